The molecule has 0 N–H and O–H groups in total. The molecule has 0 bridgehead atoms. The molecule has 1 heterocycles. The SMILES string of the molecule is CC=CC(=O)N1CCC(C(C)C)C1. The minimum atomic E-state index is 0.172. The summed E-state index contributed by atoms with van der Waals surface area (Å²) in [5, 5.41) is 0. The highest BCUT2D eigenvalue weighted by Gasteiger charge is 2.26. The number of allylic oxidation sites excluding steroid dienone is 1. The van der Waals surface area contributed by atoms with Crippen LogP contribution in [0.4, 0.5) is 0 Å². The van der Waals surface area contributed by atoms with Crippen LogP contribution in [0.15, 0.2) is 12.2 Å². The van der Waals surface area contributed by atoms with Crippen molar-refractivity contribution in [2.75, 3.05) is 13.1 Å². The van der Waals surface area contributed by atoms with E-state index >= 15 is 0 Å². The summed E-state index contributed by atoms with van der Waals surface area (Å²) >= 11 is 0. The number of amides is 1. The molecule has 0 radical (unpaired) electrons. The Morgan fingerprint density at radius 2 is 2.23 bits per heavy atom. The van der Waals surface area contributed by atoms with Crippen LogP contribution in [0.3, 0.4) is 0 Å². The summed E-state index contributed by atoms with van der Waals surface area (Å²) in [6.45, 7) is 8.23. The fraction of sp³-hybridized carbons (Fsp3) is 0.727. The maximum absolute atomic E-state index is 11.5. The molecule has 1 aliphatic heterocycles. The first-order valence-electron chi connectivity index (χ1n) is 5.06. The van der Waals surface area contributed by atoms with E-state index in [1.807, 2.05) is 17.9 Å². The molecule has 0 spiro atoms. The molecule has 1 unspecified atom stereocenters. The standard InChI is InChI=1S/C11H19NO/c1-4-5-11(13)12-7-6-10(8-12)9(2)3/h4-5,9-10H,6-8H2,1-3H3. The van der Waals surface area contributed by atoms with E-state index in [1.54, 1.807) is 6.08 Å². The number of nitrogens with zero attached hydrogens (tertiary/aromatic N) is 1. The monoisotopic (exact) mass is 181 g/mol. The molecular weight excluding hydrogens is 162 g/mol. The second-order valence-corrected chi connectivity index (χ2v) is 4.08. The molecule has 1 fully saturated rings. The van der Waals surface area contributed by atoms with Gasteiger partial charge in [-0.3, -0.25) is 4.79 Å². The number of likely N-dealkylation sites (tertiary alicyclic amines) is 1. The molecule has 2 heteroatoms. The normalized spacial score (nSPS) is 23.4. The second-order valence-electron chi connectivity index (χ2n) is 4.08. The Balaban J connectivity index is 2.45. The molecule has 0 aliphatic carbocycles. The van der Waals surface area contributed by atoms with Crippen LogP contribution in [-0.4, -0.2) is 23.9 Å². The van der Waals surface area contributed by atoms with Crippen LogP contribution in [0.5, 0.6) is 0 Å². The fourth-order valence-electron chi connectivity index (χ4n) is 1.78. The first-order valence-corrected chi connectivity index (χ1v) is 5.06. The topological polar surface area (TPSA) is 20.3 Å². The lowest BCUT2D eigenvalue weighted by Crippen LogP contribution is -2.27. The predicted octanol–water partition coefficient (Wildman–Crippen LogP) is 2.07. The minimum absolute atomic E-state index is 0.172. The highest BCUT2D eigenvalue weighted by atomic mass is 16.2. The maximum atomic E-state index is 11.5. The number of carbonyl (C=O) groups excluding carboxylic acids is 1. The highest BCUT2D eigenvalue weighted by Crippen LogP contribution is 2.23. The van der Waals surface area contributed by atoms with Gasteiger partial charge in [-0.2, -0.15) is 0 Å². The summed E-state index contributed by atoms with van der Waals surface area (Å²) in [7, 11) is 0. The molecule has 1 saturated heterocycles. The van der Waals surface area contributed by atoms with E-state index in [9.17, 15) is 4.79 Å². The van der Waals surface area contributed by atoms with Gasteiger partial charge in [-0.15, -0.1) is 0 Å². The van der Waals surface area contributed by atoms with Gasteiger partial charge in [-0.1, -0.05) is 19.9 Å². The molecule has 0 aromatic rings. The largest absolute Gasteiger partial charge is 0.339 e. The molecule has 0 saturated carbocycles. The van der Waals surface area contributed by atoms with Gasteiger partial charge >= 0.3 is 0 Å². The van der Waals surface area contributed by atoms with Gasteiger partial charge < -0.3 is 4.90 Å². The molecule has 74 valence electrons. The highest BCUT2D eigenvalue weighted by molar-refractivity contribution is 5.87. The van der Waals surface area contributed by atoms with Gasteiger partial charge in [0.05, 0.1) is 0 Å². The Hall–Kier alpha value is -0.790. The Morgan fingerprint density at radius 1 is 1.54 bits per heavy atom. The van der Waals surface area contributed by atoms with Gasteiger partial charge in [0.2, 0.25) is 5.91 Å². The van der Waals surface area contributed by atoms with Crippen LogP contribution >= 0.6 is 0 Å². The van der Waals surface area contributed by atoms with Crippen LogP contribution in [0.25, 0.3) is 0 Å². The Kier molecular flexibility index (Phi) is 3.52. The summed E-state index contributed by atoms with van der Waals surface area (Å²) in [4.78, 5) is 13.4. The molecule has 13 heavy (non-hydrogen) atoms. The lowest BCUT2D eigenvalue weighted by Gasteiger charge is -2.16. The van der Waals surface area contributed by atoms with Crippen molar-refractivity contribution in [3.8, 4) is 0 Å². The summed E-state index contributed by atoms with van der Waals surface area (Å²) < 4.78 is 0. The van der Waals surface area contributed by atoms with Gasteiger partial charge in [0, 0.05) is 13.1 Å². The first kappa shape index (κ1) is 10.3. The molecule has 0 aromatic carbocycles. The lowest BCUT2D eigenvalue weighted by molar-refractivity contribution is -0.125. The van der Waals surface area contributed by atoms with E-state index in [0.717, 1.165) is 13.1 Å². The van der Waals surface area contributed by atoms with Crippen LogP contribution < -0.4 is 0 Å². The van der Waals surface area contributed by atoms with E-state index in [1.165, 1.54) is 6.42 Å². The average molecular weight is 181 g/mol. The predicted molar refractivity (Wildman–Crippen MR) is 54.3 cm³/mol. The minimum Gasteiger partial charge on any atom is -0.339 e. The molecule has 1 rings (SSSR count). The lowest BCUT2D eigenvalue weighted by atomic mass is 9.95. The summed E-state index contributed by atoms with van der Waals surface area (Å²) in [6.07, 6.45) is 4.63. The van der Waals surface area contributed by atoms with Crippen molar-refractivity contribution in [3.05, 3.63) is 12.2 Å². The molecule has 1 atom stereocenters. The third-order valence-corrected chi connectivity index (χ3v) is 2.79. The Morgan fingerprint density at radius 3 is 2.69 bits per heavy atom. The van der Waals surface area contributed by atoms with Crippen molar-refractivity contribution in [3.63, 3.8) is 0 Å². The Bertz CT molecular complexity index is 208. The molecular formula is C11H19NO. The molecule has 0 aromatic heterocycles. The zero-order chi connectivity index (χ0) is 9.84. The number of carbonyl (C=O) groups is 1. The van der Waals surface area contributed by atoms with Crippen molar-refractivity contribution in [2.24, 2.45) is 11.8 Å². The van der Waals surface area contributed by atoms with Gasteiger partial charge in [0.25, 0.3) is 0 Å². The fourth-order valence-corrected chi connectivity index (χ4v) is 1.78. The summed E-state index contributed by atoms with van der Waals surface area (Å²) in [6, 6.07) is 0. The van der Waals surface area contributed by atoms with E-state index in [4.69, 9.17) is 0 Å². The number of hydrogen-bond donors (Lipinski definition) is 0. The number of hydrogen-bond acceptors (Lipinski definition) is 1. The van der Waals surface area contributed by atoms with E-state index in [2.05, 4.69) is 13.8 Å². The maximum Gasteiger partial charge on any atom is 0.246 e. The van der Waals surface area contributed by atoms with Crippen molar-refractivity contribution in [1.82, 2.24) is 4.90 Å². The zero-order valence-corrected chi connectivity index (χ0v) is 8.79. The second kappa shape index (κ2) is 4.45. The third-order valence-electron chi connectivity index (χ3n) is 2.79. The van der Waals surface area contributed by atoms with Crippen molar-refractivity contribution in [2.45, 2.75) is 27.2 Å². The third kappa shape index (κ3) is 2.58. The molecule has 1 amide bonds. The van der Waals surface area contributed by atoms with Crippen molar-refractivity contribution >= 4 is 5.91 Å². The molecule has 2 nitrogen and oxygen atoms in total. The Labute approximate surface area is 80.6 Å². The first-order chi connectivity index (χ1) is 6.15. The average Bonchev–Trinajstić information content (AvgIpc) is 2.52. The van der Waals surface area contributed by atoms with Gasteiger partial charge in [0.15, 0.2) is 0 Å². The van der Waals surface area contributed by atoms with Crippen LogP contribution in [0, 0.1) is 11.8 Å². The van der Waals surface area contributed by atoms with E-state index < -0.39 is 0 Å². The summed E-state index contributed by atoms with van der Waals surface area (Å²) in [5.41, 5.74) is 0. The van der Waals surface area contributed by atoms with Crippen LogP contribution in [0.1, 0.15) is 27.2 Å². The van der Waals surface area contributed by atoms with Crippen molar-refractivity contribution < 1.29 is 4.79 Å². The zero-order valence-electron chi connectivity index (χ0n) is 8.79. The van der Waals surface area contributed by atoms with Gasteiger partial charge in [-0.25, -0.2) is 0 Å². The number of rotatable bonds is 2. The van der Waals surface area contributed by atoms with E-state index in [0.29, 0.717) is 11.8 Å². The van der Waals surface area contributed by atoms with Crippen molar-refractivity contribution in [1.29, 1.82) is 0 Å². The smallest absolute Gasteiger partial charge is 0.246 e. The summed E-state index contributed by atoms with van der Waals surface area (Å²) in [5.74, 6) is 1.57. The van der Waals surface area contributed by atoms with Crippen LogP contribution in [-0.2, 0) is 4.79 Å². The quantitative estimate of drug-likeness (QED) is 0.597. The van der Waals surface area contributed by atoms with Gasteiger partial charge in [0.1, 0.15) is 0 Å². The van der Waals surface area contributed by atoms with Crippen LogP contribution in [0.2, 0.25) is 0 Å². The van der Waals surface area contributed by atoms with Gasteiger partial charge in [-0.05, 0) is 31.3 Å². The van der Waals surface area contributed by atoms with E-state index in [-0.39, 0.29) is 5.91 Å². The molecule has 1 aliphatic rings.